The molecule has 0 radical (unpaired) electrons. The lowest BCUT2D eigenvalue weighted by Gasteiger charge is -2.35. The first kappa shape index (κ1) is 9.25. The molecule has 0 unspecified atom stereocenters. The van der Waals surface area contributed by atoms with Crippen LogP contribution in [-0.2, 0) is 9.53 Å². The molecule has 1 fully saturated rings. The minimum atomic E-state index is -0.0410. The van der Waals surface area contributed by atoms with E-state index in [0.29, 0.717) is 0 Å². The van der Waals surface area contributed by atoms with Crippen LogP contribution in [-0.4, -0.2) is 5.97 Å². The molecule has 1 aliphatic heterocycles. The SMILES string of the molecule is CCC[C@H]1C(=O)O[C@H]1c1ccccc1. The first-order valence-corrected chi connectivity index (χ1v) is 5.08. The minimum absolute atomic E-state index is 0.00338. The maximum absolute atomic E-state index is 11.2. The lowest BCUT2D eigenvalue weighted by molar-refractivity contribution is -0.186. The predicted octanol–water partition coefficient (Wildman–Crippen LogP) is 2.70. The fourth-order valence-corrected chi connectivity index (χ4v) is 1.87. The normalized spacial score (nSPS) is 25.4. The van der Waals surface area contributed by atoms with Crippen LogP contribution in [0.5, 0.6) is 0 Å². The molecule has 74 valence electrons. The van der Waals surface area contributed by atoms with Crippen molar-refractivity contribution in [3.8, 4) is 0 Å². The van der Waals surface area contributed by atoms with Gasteiger partial charge in [0.15, 0.2) is 0 Å². The summed E-state index contributed by atoms with van der Waals surface area (Å²) in [6, 6.07) is 9.95. The van der Waals surface area contributed by atoms with Crippen molar-refractivity contribution in [1.29, 1.82) is 0 Å². The Morgan fingerprint density at radius 1 is 1.29 bits per heavy atom. The van der Waals surface area contributed by atoms with E-state index in [0.717, 1.165) is 18.4 Å². The molecule has 1 aliphatic rings. The van der Waals surface area contributed by atoms with Crippen molar-refractivity contribution in [3.63, 3.8) is 0 Å². The third-order valence-electron chi connectivity index (χ3n) is 2.64. The Morgan fingerprint density at radius 3 is 2.57 bits per heavy atom. The second-order valence-electron chi connectivity index (χ2n) is 3.66. The molecule has 0 bridgehead atoms. The van der Waals surface area contributed by atoms with E-state index in [1.54, 1.807) is 0 Å². The zero-order valence-corrected chi connectivity index (χ0v) is 8.27. The molecular weight excluding hydrogens is 176 g/mol. The summed E-state index contributed by atoms with van der Waals surface area (Å²) in [5.41, 5.74) is 1.12. The molecule has 2 heteroatoms. The van der Waals surface area contributed by atoms with Gasteiger partial charge in [0.05, 0.1) is 5.92 Å². The summed E-state index contributed by atoms with van der Waals surface area (Å²) >= 11 is 0. The minimum Gasteiger partial charge on any atom is -0.456 e. The molecule has 1 aromatic rings. The van der Waals surface area contributed by atoms with Crippen molar-refractivity contribution in [2.45, 2.75) is 25.9 Å². The maximum Gasteiger partial charge on any atom is 0.313 e. The number of cyclic esters (lactones) is 1. The number of carbonyl (C=O) groups excluding carboxylic acids is 1. The Kier molecular flexibility index (Phi) is 2.53. The van der Waals surface area contributed by atoms with Crippen LogP contribution in [0.4, 0.5) is 0 Å². The molecule has 1 aromatic carbocycles. The third kappa shape index (κ3) is 1.52. The topological polar surface area (TPSA) is 26.3 Å². The summed E-state index contributed by atoms with van der Waals surface area (Å²) in [6.45, 7) is 2.09. The van der Waals surface area contributed by atoms with Gasteiger partial charge in [0.25, 0.3) is 0 Å². The van der Waals surface area contributed by atoms with E-state index < -0.39 is 0 Å². The van der Waals surface area contributed by atoms with E-state index in [9.17, 15) is 4.79 Å². The highest BCUT2D eigenvalue weighted by Crippen LogP contribution is 2.39. The van der Waals surface area contributed by atoms with Crippen molar-refractivity contribution in [2.24, 2.45) is 5.92 Å². The molecule has 0 aromatic heterocycles. The van der Waals surface area contributed by atoms with Gasteiger partial charge in [-0.2, -0.15) is 0 Å². The largest absolute Gasteiger partial charge is 0.456 e. The van der Waals surface area contributed by atoms with E-state index in [4.69, 9.17) is 4.74 Å². The zero-order valence-electron chi connectivity index (χ0n) is 8.27. The van der Waals surface area contributed by atoms with Gasteiger partial charge in [0.1, 0.15) is 6.10 Å². The van der Waals surface area contributed by atoms with Gasteiger partial charge in [0, 0.05) is 0 Å². The maximum atomic E-state index is 11.2. The number of benzene rings is 1. The molecular formula is C12H14O2. The molecule has 0 amide bonds. The van der Waals surface area contributed by atoms with E-state index in [1.165, 1.54) is 0 Å². The first-order chi connectivity index (χ1) is 6.83. The average molecular weight is 190 g/mol. The van der Waals surface area contributed by atoms with Crippen LogP contribution >= 0.6 is 0 Å². The van der Waals surface area contributed by atoms with E-state index in [-0.39, 0.29) is 18.0 Å². The lowest BCUT2D eigenvalue weighted by Crippen LogP contribution is -2.38. The molecule has 1 saturated heterocycles. The second-order valence-corrected chi connectivity index (χ2v) is 3.66. The predicted molar refractivity (Wildman–Crippen MR) is 53.7 cm³/mol. The monoisotopic (exact) mass is 190 g/mol. The number of esters is 1. The number of carbonyl (C=O) groups is 1. The van der Waals surface area contributed by atoms with Gasteiger partial charge in [0.2, 0.25) is 0 Å². The van der Waals surface area contributed by atoms with Gasteiger partial charge in [-0.05, 0) is 12.0 Å². The lowest BCUT2D eigenvalue weighted by atomic mass is 9.87. The van der Waals surface area contributed by atoms with Gasteiger partial charge in [-0.15, -0.1) is 0 Å². The molecule has 0 spiro atoms. The van der Waals surface area contributed by atoms with Gasteiger partial charge in [-0.25, -0.2) is 0 Å². The third-order valence-corrected chi connectivity index (χ3v) is 2.64. The van der Waals surface area contributed by atoms with Crippen LogP contribution in [0.2, 0.25) is 0 Å². The highest BCUT2D eigenvalue weighted by atomic mass is 16.6. The summed E-state index contributed by atoms with van der Waals surface area (Å²) < 4.78 is 5.15. The van der Waals surface area contributed by atoms with Gasteiger partial charge >= 0.3 is 5.97 Å². The standard InChI is InChI=1S/C12H14O2/c1-2-6-10-11(14-12(10)13)9-7-4-3-5-8-9/h3-5,7-8,10-11H,2,6H2,1H3/t10-,11+/m1/s1. The Labute approximate surface area is 83.9 Å². The number of hydrogen-bond donors (Lipinski definition) is 0. The van der Waals surface area contributed by atoms with Crippen LogP contribution in [0.1, 0.15) is 31.4 Å². The number of rotatable bonds is 3. The van der Waals surface area contributed by atoms with Crippen molar-refractivity contribution in [3.05, 3.63) is 35.9 Å². The molecule has 0 aliphatic carbocycles. The first-order valence-electron chi connectivity index (χ1n) is 5.08. The highest BCUT2D eigenvalue weighted by molar-refractivity contribution is 5.79. The fourth-order valence-electron chi connectivity index (χ4n) is 1.87. The van der Waals surface area contributed by atoms with Crippen LogP contribution < -0.4 is 0 Å². The Bertz CT molecular complexity index is 318. The number of hydrogen-bond acceptors (Lipinski definition) is 2. The second kappa shape index (κ2) is 3.82. The van der Waals surface area contributed by atoms with Crippen LogP contribution in [0.15, 0.2) is 30.3 Å². The van der Waals surface area contributed by atoms with Crippen molar-refractivity contribution in [2.75, 3.05) is 0 Å². The average Bonchev–Trinajstić information content (AvgIpc) is 2.24. The van der Waals surface area contributed by atoms with Crippen LogP contribution in [0, 0.1) is 5.92 Å². The summed E-state index contributed by atoms with van der Waals surface area (Å²) in [4.78, 5) is 11.2. The molecule has 0 N–H and O–H groups in total. The summed E-state index contributed by atoms with van der Waals surface area (Å²) in [6.07, 6.45) is 1.96. The van der Waals surface area contributed by atoms with Crippen molar-refractivity contribution in [1.82, 2.24) is 0 Å². The van der Waals surface area contributed by atoms with Gasteiger partial charge in [-0.3, -0.25) is 4.79 Å². The molecule has 14 heavy (non-hydrogen) atoms. The van der Waals surface area contributed by atoms with Gasteiger partial charge < -0.3 is 4.74 Å². The smallest absolute Gasteiger partial charge is 0.313 e. The molecule has 2 atom stereocenters. The quantitative estimate of drug-likeness (QED) is 0.685. The summed E-state index contributed by atoms with van der Waals surface area (Å²) in [5, 5.41) is 0. The molecule has 0 saturated carbocycles. The summed E-state index contributed by atoms with van der Waals surface area (Å²) in [7, 11) is 0. The Hall–Kier alpha value is -1.31. The van der Waals surface area contributed by atoms with Crippen molar-refractivity contribution >= 4 is 5.97 Å². The van der Waals surface area contributed by atoms with Gasteiger partial charge in [-0.1, -0.05) is 43.7 Å². The van der Waals surface area contributed by atoms with Crippen LogP contribution in [0.3, 0.4) is 0 Å². The van der Waals surface area contributed by atoms with Crippen molar-refractivity contribution < 1.29 is 9.53 Å². The van der Waals surface area contributed by atoms with E-state index in [2.05, 4.69) is 6.92 Å². The fraction of sp³-hybridized carbons (Fsp3) is 0.417. The Balaban J connectivity index is 2.10. The zero-order chi connectivity index (χ0) is 9.97. The van der Waals surface area contributed by atoms with E-state index >= 15 is 0 Å². The molecule has 2 rings (SSSR count). The summed E-state index contributed by atoms with van der Waals surface area (Å²) in [5.74, 6) is 0.0445. The molecule has 1 heterocycles. The number of ether oxygens (including phenoxy) is 1. The van der Waals surface area contributed by atoms with E-state index in [1.807, 2.05) is 30.3 Å². The van der Waals surface area contributed by atoms with Crippen LogP contribution in [0.25, 0.3) is 0 Å². The highest BCUT2D eigenvalue weighted by Gasteiger charge is 2.42. The Morgan fingerprint density at radius 2 is 2.00 bits per heavy atom. The molecule has 2 nitrogen and oxygen atoms in total.